The molecule has 0 saturated carbocycles. The van der Waals surface area contributed by atoms with E-state index >= 15 is 0 Å². The van der Waals surface area contributed by atoms with Crippen molar-refractivity contribution in [3.8, 4) is 0 Å². The number of nitrogens with zero attached hydrogens (tertiary/aromatic N) is 4. The van der Waals surface area contributed by atoms with E-state index in [1.54, 1.807) is 18.0 Å². The lowest BCUT2D eigenvalue weighted by atomic mass is 10.1. The van der Waals surface area contributed by atoms with Gasteiger partial charge in [0.2, 0.25) is 11.8 Å². The van der Waals surface area contributed by atoms with Gasteiger partial charge in [-0.1, -0.05) is 0 Å². The maximum absolute atomic E-state index is 12.5. The standard InChI is InChI=1S/C16H27N5O2/c1-12(18-14-10-17-21(11-14)16(3,4)5)15(23)20-8-6-19(7-9-20)13(2)22/h10-12,18H,6-9H2,1-5H3/t12-/m1/s1. The highest BCUT2D eigenvalue weighted by Gasteiger charge is 2.26. The zero-order valence-corrected chi connectivity index (χ0v) is 14.7. The molecule has 1 aromatic rings. The Morgan fingerprint density at radius 1 is 1.17 bits per heavy atom. The predicted octanol–water partition coefficient (Wildman–Crippen LogP) is 1.13. The molecule has 0 aliphatic carbocycles. The molecule has 2 rings (SSSR count). The summed E-state index contributed by atoms with van der Waals surface area (Å²) in [6, 6.07) is -0.323. The van der Waals surface area contributed by atoms with Crippen molar-refractivity contribution in [1.29, 1.82) is 0 Å². The molecule has 0 aromatic carbocycles. The first-order valence-electron chi connectivity index (χ1n) is 8.04. The minimum atomic E-state index is -0.323. The van der Waals surface area contributed by atoms with Crippen LogP contribution in [-0.2, 0) is 15.1 Å². The molecule has 1 fully saturated rings. The van der Waals surface area contributed by atoms with Gasteiger partial charge in [0, 0.05) is 39.3 Å². The van der Waals surface area contributed by atoms with E-state index in [-0.39, 0.29) is 23.4 Å². The number of carbonyl (C=O) groups is 2. The van der Waals surface area contributed by atoms with Crippen molar-refractivity contribution in [2.75, 3.05) is 31.5 Å². The summed E-state index contributed by atoms with van der Waals surface area (Å²) in [5.74, 6) is 0.120. The van der Waals surface area contributed by atoms with Gasteiger partial charge < -0.3 is 15.1 Å². The molecule has 7 nitrogen and oxygen atoms in total. The highest BCUT2D eigenvalue weighted by Crippen LogP contribution is 2.17. The third-order valence-corrected chi connectivity index (χ3v) is 4.06. The third kappa shape index (κ3) is 4.24. The molecule has 1 saturated heterocycles. The van der Waals surface area contributed by atoms with Gasteiger partial charge in [-0.25, -0.2) is 0 Å². The third-order valence-electron chi connectivity index (χ3n) is 4.06. The van der Waals surface area contributed by atoms with E-state index in [0.717, 1.165) is 5.69 Å². The molecule has 2 amide bonds. The van der Waals surface area contributed by atoms with Crippen molar-refractivity contribution in [2.45, 2.75) is 46.2 Å². The quantitative estimate of drug-likeness (QED) is 0.906. The molecule has 2 heterocycles. The lowest BCUT2D eigenvalue weighted by Gasteiger charge is -2.35. The number of anilines is 1. The molecule has 23 heavy (non-hydrogen) atoms. The predicted molar refractivity (Wildman–Crippen MR) is 89.1 cm³/mol. The first kappa shape index (κ1) is 17.3. The number of hydrogen-bond donors (Lipinski definition) is 1. The zero-order valence-electron chi connectivity index (χ0n) is 14.7. The van der Waals surface area contributed by atoms with Crippen LogP contribution in [-0.4, -0.2) is 63.6 Å². The lowest BCUT2D eigenvalue weighted by Crippen LogP contribution is -2.53. The number of hydrogen-bond acceptors (Lipinski definition) is 4. The monoisotopic (exact) mass is 321 g/mol. The van der Waals surface area contributed by atoms with E-state index in [1.165, 1.54) is 0 Å². The fourth-order valence-corrected chi connectivity index (χ4v) is 2.59. The van der Waals surface area contributed by atoms with Crippen LogP contribution in [0.1, 0.15) is 34.6 Å². The van der Waals surface area contributed by atoms with E-state index in [9.17, 15) is 9.59 Å². The van der Waals surface area contributed by atoms with E-state index in [2.05, 4.69) is 31.2 Å². The van der Waals surface area contributed by atoms with Crippen LogP contribution in [0.4, 0.5) is 5.69 Å². The van der Waals surface area contributed by atoms with Crippen molar-refractivity contribution >= 4 is 17.5 Å². The molecule has 0 bridgehead atoms. The Morgan fingerprint density at radius 2 is 1.74 bits per heavy atom. The molecule has 0 unspecified atom stereocenters. The van der Waals surface area contributed by atoms with Crippen molar-refractivity contribution in [3.05, 3.63) is 12.4 Å². The topological polar surface area (TPSA) is 70.5 Å². The summed E-state index contributed by atoms with van der Waals surface area (Å²) < 4.78 is 1.87. The van der Waals surface area contributed by atoms with Crippen LogP contribution in [0.15, 0.2) is 12.4 Å². The number of aromatic nitrogens is 2. The molecule has 0 spiro atoms. The first-order valence-corrected chi connectivity index (χ1v) is 8.04. The van der Waals surface area contributed by atoms with Gasteiger partial charge in [-0.05, 0) is 27.7 Å². The highest BCUT2D eigenvalue weighted by atomic mass is 16.2. The van der Waals surface area contributed by atoms with Crippen LogP contribution in [0.25, 0.3) is 0 Å². The smallest absolute Gasteiger partial charge is 0.244 e. The van der Waals surface area contributed by atoms with E-state index in [0.29, 0.717) is 26.2 Å². The highest BCUT2D eigenvalue weighted by molar-refractivity contribution is 5.84. The van der Waals surface area contributed by atoms with Crippen molar-refractivity contribution in [2.24, 2.45) is 0 Å². The van der Waals surface area contributed by atoms with Crippen LogP contribution in [0.5, 0.6) is 0 Å². The number of carbonyl (C=O) groups excluding carboxylic acids is 2. The molecule has 1 aliphatic rings. The maximum Gasteiger partial charge on any atom is 0.244 e. The maximum atomic E-state index is 12.5. The van der Waals surface area contributed by atoms with Gasteiger partial charge in [0.1, 0.15) is 6.04 Å². The molecule has 1 atom stereocenters. The van der Waals surface area contributed by atoms with Crippen LogP contribution in [0.2, 0.25) is 0 Å². The minimum absolute atomic E-state index is 0.0525. The average molecular weight is 321 g/mol. The summed E-state index contributed by atoms with van der Waals surface area (Å²) in [6.45, 7) is 12.0. The molecule has 128 valence electrons. The normalized spacial score (nSPS) is 17.1. The number of nitrogens with one attached hydrogen (secondary N) is 1. The number of rotatable bonds is 3. The summed E-state index contributed by atoms with van der Waals surface area (Å²) in [6.07, 6.45) is 3.65. The zero-order chi connectivity index (χ0) is 17.2. The Hall–Kier alpha value is -2.05. The summed E-state index contributed by atoms with van der Waals surface area (Å²) in [4.78, 5) is 27.4. The fraction of sp³-hybridized carbons (Fsp3) is 0.688. The second-order valence-electron chi connectivity index (χ2n) is 7.04. The van der Waals surface area contributed by atoms with Crippen LogP contribution < -0.4 is 5.32 Å². The van der Waals surface area contributed by atoms with Gasteiger partial charge in [-0.3, -0.25) is 14.3 Å². The van der Waals surface area contributed by atoms with Gasteiger partial charge in [0.15, 0.2) is 0 Å². The Kier molecular flexibility index (Phi) is 4.97. The van der Waals surface area contributed by atoms with Gasteiger partial charge in [0.05, 0.1) is 17.4 Å². The fourth-order valence-electron chi connectivity index (χ4n) is 2.59. The molecular weight excluding hydrogens is 294 g/mol. The molecule has 1 aromatic heterocycles. The van der Waals surface area contributed by atoms with E-state index in [4.69, 9.17) is 0 Å². The van der Waals surface area contributed by atoms with Crippen LogP contribution >= 0.6 is 0 Å². The molecule has 0 radical (unpaired) electrons. The largest absolute Gasteiger partial charge is 0.371 e. The van der Waals surface area contributed by atoms with E-state index in [1.807, 2.05) is 22.7 Å². The van der Waals surface area contributed by atoms with Crippen molar-refractivity contribution in [1.82, 2.24) is 19.6 Å². The van der Waals surface area contributed by atoms with Gasteiger partial charge in [-0.15, -0.1) is 0 Å². The molecule has 1 aliphatic heterocycles. The average Bonchev–Trinajstić information content (AvgIpc) is 2.95. The van der Waals surface area contributed by atoms with Gasteiger partial charge in [0.25, 0.3) is 0 Å². The van der Waals surface area contributed by atoms with Crippen molar-refractivity contribution < 1.29 is 9.59 Å². The molecule has 7 heteroatoms. The minimum Gasteiger partial charge on any atom is -0.371 e. The van der Waals surface area contributed by atoms with Crippen LogP contribution in [0, 0.1) is 0 Å². The van der Waals surface area contributed by atoms with E-state index < -0.39 is 0 Å². The summed E-state index contributed by atoms with van der Waals surface area (Å²) >= 11 is 0. The Morgan fingerprint density at radius 3 is 2.22 bits per heavy atom. The SMILES string of the molecule is CC(=O)N1CCN(C(=O)[C@@H](C)Nc2cnn(C(C)(C)C)c2)CC1. The summed E-state index contributed by atoms with van der Waals surface area (Å²) in [7, 11) is 0. The lowest BCUT2D eigenvalue weighted by molar-refractivity contribution is -0.138. The Bertz CT molecular complexity index is 567. The van der Waals surface area contributed by atoms with Crippen LogP contribution in [0.3, 0.4) is 0 Å². The first-order chi connectivity index (χ1) is 10.7. The summed E-state index contributed by atoms with van der Waals surface area (Å²) in [5, 5.41) is 7.54. The molecule has 1 N–H and O–H groups in total. The number of piperazine rings is 1. The van der Waals surface area contributed by atoms with Gasteiger partial charge in [-0.2, -0.15) is 5.10 Å². The Labute approximate surface area is 137 Å². The summed E-state index contributed by atoms with van der Waals surface area (Å²) in [5.41, 5.74) is 0.749. The Balaban J connectivity index is 1.91. The second kappa shape index (κ2) is 6.60. The molecular formula is C16H27N5O2. The van der Waals surface area contributed by atoms with Crippen molar-refractivity contribution in [3.63, 3.8) is 0 Å². The number of amides is 2. The second-order valence-corrected chi connectivity index (χ2v) is 7.04. The van der Waals surface area contributed by atoms with Gasteiger partial charge >= 0.3 is 0 Å².